The third-order valence-corrected chi connectivity index (χ3v) is 6.81. The first-order valence-corrected chi connectivity index (χ1v) is 11.5. The molecule has 0 spiro atoms. The van der Waals surface area contributed by atoms with Crippen LogP contribution < -0.4 is 10.9 Å². The van der Waals surface area contributed by atoms with Crippen molar-refractivity contribution in [3.05, 3.63) is 20.8 Å². The Morgan fingerprint density at radius 3 is 2.59 bits per heavy atom. The number of aromatic nitrogens is 2. The molecule has 2 heterocycles. The summed E-state index contributed by atoms with van der Waals surface area (Å²) in [5, 5.41) is 4.39. The Balaban J connectivity index is 2.04. The lowest BCUT2D eigenvalue weighted by atomic mass is 10.0. The molecule has 0 radical (unpaired) electrons. The van der Waals surface area contributed by atoms with Crippen molar-refractivity contribution >= 4 is 39.2 Å². The summed E-state index contributed by atoms with van der Waals surface area (Å²) in [5.41, 5.74) is 1.01. The van der Waals surface area contributed by atoms with Crippen LogP contribution in [0.1, 0.15) is 57.4 Å². The van der Waals surface area contributed by atoms with E-state index in [1.54, 1.807) is 15.9 Å². The van der Waals surface area contributed by atoms with E-state index in [0.717, 1.165) is 28.1 Å². The molecule has 0 aliphatic carbocycles. The number of rotatable bonds is 9. The number of carbonyl (C=O) groups is 1. The zero-order valence-corrected chi connectivity index (χ0v) is 18.9. The van der Waals surface area contributed by atoms with Crippen LogP contribution in [0.15, 0.2) is 9.95 Å². The van der Waals surface area contributed by atoms with E-state index in [9.17, 15) is 9.59 Å². The van der Waals surface area contributed by atoms with Gasteiger partial charge in [0.05, 0.1) is 11.1 Å². The van der Waals surface area contributed by atoms with Crippen molar-refractivity contribution in [3.8, 4) is 0 Å². The van der Waals surface area contributed by atoms with E-state index < -0.39 is 0 Å². The number of amides is 1. The highest BCUT2D eigenvalue weighted by atomic mass is 32.2. The van der Waals surface area contributed by atoms with Gasteiger partial charge in [-0.3, -0.25) is 14.2 Å². The molecule has 0 saturated heterocycles. The second-order valence-electron chi connectivity index (χ2n) is 7.49. The van der Waals surface area contributed by atoms with Crippen LogP contribution in [-0.4, -0.2) is 27.3 Å². The lowest BCUT2D eigenvalue weighted by Gasteiger charge is -2.15. The molecule has 1 amide bonds. The van der Waals surface area contributed by atoms with Crippen LogP contribution >= 0.6 is 23.1 Å². The van der Waals surface area contributed by atoms with Crippen molar-refractivity contribution in [2.24, 2.45) is 5.92 Å². The monoisotopic (exact) mass is 409 g/mol. The van der Waals surface area contributed by atoms with Crippen LogP contribution in [0, 0.1) is 19.8 Å². The fourth-order valence-electron chi connectivity index (χ4n) is 3.05. The van der Waals surface area contributed by atoms with Gasteiger partial charge < -0.3 is 5.32 Å². The number of carbonyl (C=O) groups excluding carboxylic acids is 1. The summed E-state index contributed by atoms with van der Waals surface area (Å²) in [6.07, 6.45) is 3.30. The highest BCUT2D eigenvalue weighted by Gasteiger charge is 2.17. The first kappa shape index (κ1) is 22.0. The Hall–Kier alpha value is -1.34. The zero-order valence-electron chi connectivity index (χ0n) is 17.2. The van der Waals surface area contributed by atoms with Crippen LogP contribution in [0.2, 0.25) is 0 Å². The summed E-state index contributed by atoms with van der Waals surface area (Å²) in [5.74, 6) is 0.961. The molecule has 0 saturated carbocycles. The third kappa shape index (κ3) is 5.57. The summed E-state index contributed by atoms with van der Waals surface area (Å²) in [6.45, 7) is 12.9. The van der Waals surface area contributed by atoms with Crippen molar-refractivity contribution in [3.63, 3.8) is 0 Å². The molecular weight excluding hydrogens is 378 g/mol. The number of thioether (sulfide) groups is 1. The minimum Gasteiger partial charge on any atom is -0.353 e. The number of thiophene rings is 1. The van der Waals surface area contributed by atoms with Crippen LogP contribution in [0.5, 0.6) is 0 Å². The Kier molecular flexibility index (Phi) is 7.91. The Morgan fingerprint density at radius 1 is 1.26 bits per heavy atom. The second kappa shape index (κ2) is 9.73. The minimum atomic E-state index is -0.00686. The van der Waals surface area contributed by atoms with Gasteiger partial charge >= 0.3 is 0 Å². The van der Waals surface area contributed by atoms with Crippen LogP contribution in [0.3, 0.4) is 0 Å². The number of hydrogen-bond donors (Lipinski definition) is 1. The molecule has 7 heteroatoms. The Labute approximate surface area is 170 Å². The minimum absolute atomic E-state index is 0.00527. The van der Waals surface area contributed by atoms with Gasteiger partial charge in [0, 0.05) is 17.5 Å². The molecular formula is C20H31N3O2S2. The van der Waals surface area contributed by atoms with Gasteiger partial charge in [0.1, 0.15) is 4.83 Å². The van der Waals surface area contributed by atoms with E-state index in [2.05, 4.69) is 24.1 Å². The van der Waals surface area contributed by atoms with Gasteiger partial charge in [0.15, 0.2) is 5.16 Å². The third-order valence-electron chi connectivity index (χ3n) is 4.73. The highest BCUT2D eigenvalue weighted by molar-refractivity contribution is 7.99. The Bertz CT molecular complexity index is 855. The van der Waals surface area contributed by atoms with Crippen LogP contribution in [-0.2, 0) is 11.3 Å². The van der Waals surface area contributed by atoms with Gasteiger partial charge in [0.2, 0.25) is 5.91 Å². The van der Waals surface area contributed by atoms with E-state index >= 15 is 0 Å². The average Bonchev–Trinajstić information content (AvgIpc) is 2.87. The maximum atomic E-state index is 12.8. The van der Waals surface area contributed by atoms with Gasteiger partial charge in [-0.1, -0.05) is 38.5 Å². The van der Waals surface area contributed by atoms with E-state index in [4.69, 9.17) is 0 Å². The molecule has 0 aromatic carbocycles. The predicted molar refractivity (Wildman–Crippen MR) is 116 cm³/mol. The standard InChI is InChI=1S/C20H31N3O2S2/c1-7-23-19(25)17-14(5)15(6)27-18(17)22-20(23)26-11-16(24)21-13(4)10-8-9-12(2)3/h12-13H,7-11H2,1-6H3,(H,21,24)/t13-/m1/s1. The Morgan fingerprint density at radius 2 is 1.96 bits per heavy atom. The average molecular weight is 410 g/mol. The molecule has 0 aliphatic heterocycles. The van der Waals surface area contributed by atoms with Crippen molar-refractivity contribution < 1.29 is 4.79 Å². The quantitative estimate of drug-likeness (QED) is 0.489. The van der Waals surface area contributed by atoms with Gasteiger partial charge in [0.25, 0.3) is 5.56 Å². The van der Waals surface area contributed by atoms with Gasteiger partial charge in [-0.15, -0.1) is 11.3 Å². The number of nitrogens with zero attached hydrogens (tertiary/aromatic N) is 2. The largest absolute Gasteiger partial charge is 0.353 e. The molecule has 1 N–H and O–H groups in total. The molecule has 0 fully saturated rings. The fraction of sp³-hybridized carbons (Fsp3) is 0.650. The summed E-state index contributed by atoms with van der Waals surface area (Å²) in [7, 11) is 0. The topological polar surface area (TPSA) is 64.0 Å². The molecule has 2 rings (SSSR count). The molecule has 1 atom stereocenters. The number of fused-ring (bicyclic) bond motifs is 1. The number of nitrogens with one attached hydrogen (secondary N) is 1. The zero-order chi connectivity index (χ0) is 20.1. The molecule has 150 valence electrons. The lowest BCUT2D eigenvalue weighted by Crippen LogP contribution is -2.34. The molecule has 2 aromatic heterocycles. The van der Waals surface area contributed by atoms with E-state index in [1.165, 1.54) is 18.2 Å². The molecule has 27 heavy (non-hydrogen) atoms. The van der Waals surface area contributed by atoms with Crippen LogP contribution in [0.25, 0.3) is 10.2 Å². The van der Waals surface area contributed by atoms with Gasteiger partial charge in [-0.05, 0) is 45.6 Å². The second-order valence-corrected chi connectivity index (χ2v) is 9.63. The summed E-state index contributed by atoms with van der Waals surface area (Å²) < 4.78 is 1.67. The normalized spacial score (nSPS) is 12.7. The lowest BCUT2D eigenvalue weighted by molar-refractivity contribution is -0.119. The summed E-state index contributed by atoms with van der Waals surface area (Å²) in [6, 6.07) is 0.170. The van der Waals surface area contributed by atoms with Crippen LogP contribution in [0.4, 0.5) is 0 Å². The fourth-order valence-corrected chi connectivity index (χ4v) is 4.99. The van der Waals surface area contributed by atoms with Crippen molar-refractivity contribution in [1.82, 2.24) is 14.9 Å². The number of hydrogen-bond acceptors (Lipinski definition) is 5. The predicted octanol–water partition coefficient (Wildman–Crippen LogP) is 4.52. The first-order valence-electron chi connectivity index (χ1n) is 9.67. The highest BCUT2D eigenvalue weighted by Crippen LogP contribution is 2.28. The summed E-state index contributed by atoms with van der Waals surface area (Å²) in [4.78, 5) is 31.7. The molecule has 0 bridgehead atoms. The maximum absolute atomic E-state index is 12.8. The van der Waals surface area contributed by atoms with Gasteiger partial charge in [-0.25, -0.2) is 4.98 Å². The van der Waals surface area contributed by atoms with Gasteiger partial charge in [-0.2, -0.15) is 0 Å². The van der Waals surface area contributed by atoms with Crippen molar-refractivity contribution in [2.75, 3.05) is 5.75 Å². The van der Waals surface area contributed by atoms with Crippen molar-refractivity contribution in [2.45, 2.75) is 78.5 Å². The molecule has 2 aromatic rings. The van der Waals surface area contributed by atoms with E-state index in [-0.39, 0.29) is 23.3 Å². The summed E-state index contributed by atoms with van der Waals surface area (Å²) >= 11 is 2.89. The van der Waals surface area contributed by atoms with Crippen molar-refractivity contribution in [1.29, 1.82) is 0 Å². The molecule has 0 unspecified atom stereocenters. The first-order chi connectivity index (χ1) is 12.7. The maximum Gasteiger partial charge on any atom is 0.263 e. The smallest absolute Gasteiger partial charge is 0.263 e. The van der Waals surface area contributed by atoms with E-state index in [0.29, 0.717) is 23.0 Å². The van der Waals surface area contributed by atoms with E-state index in [1.807, 2.05) is 27.7 Å². The molecule has 0 aliphatic rings. The number of aryl methyl sites for hydroxylation is 2. The SMILES string of the molecule is CCn1c(SCC(=O)N[C@H](C)CCCC(C)C)nc2sc(C)c(C)c2c1=O. The molecule has 5 nitrogen and oxygen atoms in total.